The summed E-state index contributed by atoms with van der Waals surface area (Å²) in [5.41, 5.74) is 0.218. The number of likely N-dealkylation sites (N-methyl/N-ethyl adjacent to an activating group) is 1. The molecule has 0 aromatic heterocycles. The average molecular weight is 409 g/mol. The van der Waals surface area contributed by atoms with Crippen molar-refractivity contribution in [2.24, 2.45) is 0 Å². The molecule has 0 saturated carbocycles. The number of anilines is 1. The van der Waals surface area contributed by atoms with Crippen molar-refractivity contribution in [2.75, 3.05) is 43.3 Å². The van der Waals surface area contributed by atoms with Crippen LogP contribution in [-0.4, -0.2) is 64.2 Å². The van der Waals surface area contributed by atoms with Gasteiger partial charge in [0.2, 0.25) is 15.9 Å². The Kier molecular flexibility index (Phi) is 6.59. The van der Waals surface area contributed by atoms with Gasteiger partial charge in [0.25, 0.3) is 0 Å². The van der Waals surface area contributed by atoms with E-state index in [1.807, 2.05) is 0 Å². The fraction of sp³-hybridized carbons (Fsp3) is 0.562. The minimum atomic E-state index is -3.72. The molecule has 0 unspecified atom stereocenters. The number of nitrogens with zero attached hydrogens (tertiary/aromatic N) is 2. The number of nitrogens with one attached hydrogen (secondary N) is 1. The number of hydrogen-bond donors (Lipinski definition) is 1. The molecule has 1 fully saturated rings. The van der Waals surface area contributed by atoms with Crippen LogP contribution in [-0.2, 0) is 14.8 Å². The molecular formula is C16H24Cl2N3O3S+. The van der Waals surface area contributed by atoms with Gasteiger partial charge in [-0.3, -0.25) is 9.10 Å². The van der Waals surface area contributed by atoms with Crippen LogP contribution in [0.2, 0.25) is 10.0 Å². The van der Waals surface area contributed by atoms with Gasteiger partial charge in [-0.25, -0.2) is 8.42 Å². The number of carbonyl (C=O) groups excluding carboxylic acids is 1. The van der Waals surface area contributed by atoms with Gasteiger partial charge in [0, 0.05) is 5.02 Å². The molecule has 1 atom stereocenters. The summed E-state index contributed by atoms with van der Waals surface area (Å²) < 4.78 is 25.8. The van der Waals surface area contributed by atoms with Crippen LogP contribution in [0.15, 0.2) is 18.2 Å². The molecule has 2 rings (SSSR count). The number of amides is 1. The normalized spacial score (nSPS) is 17.4. The zero-order valence-electron chi connectivity index (χ0n) is 14.6. The van der Waals surface area contributed by atoms with Crippen LogP contribution in [0.1, 0.15) is 13.8 Å². The SMILES string of the molecule is CC[NH+]1CCN(C(=O)[C@@H](C)N(c2cc(Cl)ccc2Cl)S(C)(=O)=O)CC1. The summed E-state index contributed by atoms with van der Waals surface area (Å²) in [7, 11) is -3.72. The van der Waals surface area contributed by atoms with E-state index in [4.69, 9.17) is 23.2 Å². The maximum atomic E-state index is 12.9. The van der Waals surface area contributed by atoms with Crippen molar-refractivity contribution >= 4 is 44.8 Å². The highest BCUT2D eigenvalue weighted by atomic mass is 35.5. The minimum absolute atomic E-state index is 0.218. The van der Waals surface area contributed by atoms with E-state index in [-0.39, 0.29) is 16.6 Å². The summed E-state index contributed by atoms with van der Waals surface area (Å²) in [5, 5.41) is 0.586. The van der Waals surface area contributed by atoms with Crippen LogP contribution >= 0.6 is 23.2 Å². The summed E-state index contributed by atoms with van der Waals surface area (Å²) >= 11 is 12.2. The molecule has 1 aliphatic heterocycles. The van der Waals surface area contributed by atoms with E-state index >= 15 is 0 Å². The second kappa shape index (κ2) is 8.12. The van der Waals surface area contributed by atoms with Gasteiger partial charge >= 0.3 is 0 Å². The Balaban J connectivity index is 2.29. The maximum absolute atomic E-state index is 12.9. The van der Waals surface area contributed by atoms with Crippen molar-refractivity contribution in [3.05, 3.63) is 28.2 Å². The largest absolute Gasteiger partial charge is 0.332 e. The molecule has 0 bridgehead atoms. The molecule has 1 heterocycles. The standard InChI is InChI=1S/C16H23Cl2N3O3S/c1-4-19-7-9-20(10-8-19)16(22)12(2)21(25(3,23)24)15-11-13(17)5-6-14(15)18/h5-6,11-12H,4,7-10H2,1-3H3/p+1/t12-/m1/s1. The maximum Gasteiger partial charge on any atom is 0.246 e. The fourth-order valence-electron chi connectivity index (χ4n) is 3.09. The van der Waals surface area contributed by atoms with E-state index in [1.54, 1.807) is 17.9 Å². The molecule has 0 spiro atoms. The van der Waals surface area contributed by atoms with E-state index in [0.29, 0.717) is 18.1 Å². The number of halogens is 2. The minimum Gasteiger partial charge on any atom is -0.332 e. The third-order valence-electron chi connectivity index (χ3n) is 4.49. The molecular weight excluding hydrogens is 385 g/mol. The van der Waals surface area contributed by atoms with Crippen LogP contribution < -0.4 is 9.21 Å². The number of rotatable bonds is 5. The first-order chi connectivity index (χ1) is 11.6. The Labute approximate surface area is 159 Å². The van der Waals surface area contributed by atoms with Crippen molar-refractivity contribution in [3.8, 4) is 0 Å². The Morgan fingerprint density at radius 3 is 2.44 bits per heavy atom. The highest BCUT2D eigenvalue weighted by Crippen LogP contribution is 2.32. The predicted molar refractivity (Wildman–Crippen MR) is 101 cm³/mol. The first kappa shape index (κ1) is 20.3. The van der Waals surface area contributed by atoms with Gasteiger partial charge in [0.05, 0.1) is 49.7 Å². The van der Waals surface area contributed by atoms with Crippen molar-refractivity contribution in [1.82, 2.24) is 4.90 Å². The summed E-state index contributed by atoms with van der Waals surface area (Å²) in [4.78, 5) is 16.0. The van der Waals surface area contributed by atoms with Crippen LogP contribution in [0.5, 0.6) is 0 Å². The van der Waals surface area contributed by atoms with Crippen molar-refractivity contribution in [1.29, 1.82) is 0 Å². The summed E-state index contributed by atoms with van der Waals surface area (Å²) in [5.74, 6) is -0.225. The lowest BCUT2D eigenvalue weighted by Gasteiger charge is -2.36. The van der Waals surface area contributed by atoms with Gasteiger partial charge in [-0.15, -0.1) is 0 Å². The summed E-state index contributed by atoms with van der Waals surface area (Å²) in [6, 6.07) is 3.67. The fourth-order valence-corrected chi connectivity index (χ4v) is 4.69. The Bertz CT molecular complexity index is 734. The van der Waals surface area contributed by atoms with E-state index < -0.39 is 16.1 Å². The zero-order valence-corrected chi connectivity index (χ0v) is 17.0. The zero-order chi connectivity index (χ0) is 18.8. The summed E-state index contributed by atoms with van der Waals surface area (Å²) in [6.45, 7) is 7.69. The van der Waals surface area contributed by atoms with Gasteiger partial charge in [-0.05, 0) is 32.0 Å². The van der Waals surface area contributed by atoms with E-state index in [1.165, 1.54) is 17.0 Å². The lowest BCUT2D eigenvalue weighted by molar-refractivity contribution is -0.902. The van der Waals surface area contributed by atoms with Crippen LogP contribution in [0.3, 0.4) is 0 Å². The number of hydrogen-bond acceptors (Lipinski definition) is 3. The monoisotopic (exact) mass is 408 g/mol. The van der Waals surface area contributed by atoms with Gasteiger partial charge in [0.1, 0.15) is 6.04 Å². The quantitative estimate of drug-likeness (QED) is 0.786. The van der Waals surface area contributed by atoms with E-state index in [0.717, 1.165) is 30.2 Å². The lowest BCUT2D eigenvalue weighted by atomic mass is 10.2. The highest BCUT2D eigenvalue weighted by Gasteiger charge is 2.34. The molecule has 1 saturated heterocycles. The molecule has 1 aromatic carbocycles. The molecule has 1 N–H and O–H groups in total. The van der Waals surface area contributed by atoms with Crippen molar-refractivity contribution in [2.45, 2.75) is 19.9 Å². The number of sulfonamides is 1. The molecule has 0 aliphatic carbocycles. The molecule has 1 aromatic rings. The summed E-state index contributed by atoms with van der Waals surface area (Å²) in [6.07, 6.45) is 1.06. The molecule has 1 amide bonds. The number of carbonyl (C=O) groups is 1. The van der Waals surface area contributed by atoms with Crippen LogP contribution in [0, 0.1) is 0 Å². The van der Waals surface area contributed by atoms with Crippen LogP contribution in [0.4, 0.5) is 5.69 Å². The Morgan fingerprint density at radius 1 is 1.32 bits per heavy atom. The highest BCUT2D eigenvalue weighted by molar-refractivity contribution is 7.92. The van der Waals surface area contributed by atoms with Gasteiger partial charge in [-0.2, -0.15) is 0 Å². The molecule has 0 radical (unpaired) electrons. The second-order valence-electron chi connectivity index (χ2n) is 6.26. The Morgan fingerprint density at radius 2 is 1.92 bits per heavy atom. The van der Waals surface area contributed by atoms with Gasteiger partial charge in [-0.1, -0.05) is 23.2 Å². The van der Waals surface area contributed by atoms with Crippen molar-refractivity contribution < 1.29 is 18.1 Å². The predicted octanol–water partition coefficient (Wildman–Crippen LogP) is 0.895. The van der Waals surface area contributed by atoms with E-state index in [9.17, 15) is 13.2 Å². The number of benzene rings is 1. The third kappa shape index (κ3) is 4.78. The third-order valence-corrected chi connectivity index (χ3v) is 6.28. The average Bonchev–Trinajstić information content (AvgIpc) is 2.56. The lowest BCUT2D eigenvalue weighted by Crippen LogP contribution is -3.14. The molecule has 25 heavy (non-hydrogen) atoms. The van der Waals surface area contributed by atoms with Crippen LogP contribution in [0.25, 0.3) is 0 Å². The first-order valence-electron chi connectivity index (χ1n) is 8.22. The molecule has 9 heteroatoms. The number of quaternary nitrogens is 1. The topological polar surface area (TPSA) is 62.1 Å². The van der Waals surface area contributed by atoms with Crippen molar-refractivity contribution in [3.63, 3.8) is 0 Å². The first-order valence-corrected chi connectivity index (χ1v) is 10.8. The molecule has 6 nitrogen and oxygen atoms in total. The Hall–Kier alpha value is -1.02. The van der Waals surface area contributed by atoms with E-state index in [2.05, 4.69) is 6.92 Å². The van der Waals surface area contributed by atoms with Gasteiger partial charge < -0.3 is 9.80 Å². The number of piperazine rings is 1. The molecule has 140 valence electrons. The molecule has 1 aliphatic rings. The smallest absolute Gasteiger partial charge is 0.246 e. The second-order valence-corrected chi connectivity index (χ2v) is 8.96. The van der Waals surface area contributed by atoms with Gasteiger partial charge in [0.15, 0.2) is 0 Å².